The number of aryl methyl sites for hydroxylation is 1. The fourth-order valence-corrected chi connectivity index (χ4v) is 3.86. The zero-order chi connectivity index (χ0) is 15.6. The first-order valence-electron chi connectivity index (χ1n) is 7.28. The van der Waals surface area contributed by atoms with Gasteiger partial charge in [0.25, 0.3) is 0 Å². The first kappa shape index (κ1) is 16.0. The monoisotopic (exact) mass is 310 g/mol. The SMILES string of the molecule is CCC(C)NS(=O)(=O)c1ccc2c(c1)CCCN2C(C)=O. The van der Waals surface area contributed by atoms with E-state index in [1.54, 1.807) is 23.1 Å². The van der Waals surface area contributed by atoms with E-state index in [4.69, 9.17) is 0 Å². The minimum atomic E-state index is -3.50. The van der Waals surface area contributed by atoms with E-state index in [0.29, 0.717) is 6.54 Å². The molecule has 21 heavy (non-hydrogen) atoms. The van der Waals surface area contributed by atoms with Gasteiger partial charge in [0, 0.05) is 25.2 Å². The molecule has 116 valence electrons. The van der Waals surface area contributed by atoms with Gasteiger partial charge in [0.1, 0.15) is 0 Å². The van der Waals surface area contributed by atoms with Crippen LogP contribution in [0.3, 0.4) is 0 Å². The maximum atomic E-state index is 12.3. The van der Waals surface area contributed by atoms with E-state index < -0.39 is 10.0 Å². The van der Waals surface area contributed by atoms with Crippen LogP contribution in [0.2, 0.25) is 0 Å². The fourth-order valence-electron chi connectivity index (χ4n) is 2.48. The summed E-state index contributed by atoms with van der Waals surface area (Å²) in [5.41, 5.74) is 1.75. The van der Waals surface area contributed by atoms with E-state index in [-0.39, 0.29) is 16.8 Å². The Morgan fingerprint density at radius 1 is 1.43 bits per heavy atom. The lowest BCUT2D eigenvalue weighted by Crippen LogP contribution is -2.34. The third-order valence-electron chi connectivity index (χ3n) is 3.83. The van der Waals surface area contributed by atoms with Gasteiger partial charge in [-0.3, -0.25) is 4.79 Å². The predicted octanol–water partition coefficient (Wildman–Crippen LogP) is 2.06. The Hall–Kier alpha value is -1.40. The zero-order valence-corrected chi connectivity index (χ0v) is 13.5. The van der Waals surface area contributed by atoms with E-state index in [1.165, 1.54) is 6.92 Å². The summed E-state index contributed by atoms with van der Waals surface area (Å²) < 4.78 is 27.3. The number of nitrogens with one attached hydrogen (secondary N) is 1. The molecule has 0 saturated carbocycles. The molecule has 0 radical (unpaired) electrons. The van der Waals surface area contributed by atoms with Crippen LogP contribution in [-0.4, -0.2) is 26.9 Å². The van der Waals surface area contributed by atoms with Crippen LogP contribution < -0.4 is 9.62 Å². The molecule has 1 aromatic rings. The Balaban J connectivity index is 2.35. The second-order valence-electron chi connectivity index (χ2n) is 5.50. The number of hydrogen-bond acceptors (Lipinski definition) is 3. The van der Waals surface area contributed by atoms with Crippen molar-refractivity contribution in [3.05, 3.63) is 23.8 Å². The summed E-state index contributed by atoms with van der Waals surface area (Å²) in [6, 6.07) is 4.90. The van der Waals surface area contributed by atoms with Crippen LogP contribution in [-0.2, 0) is 21.2 Å². The van der Waals surface area contributed by atoms with Gasteiger partial charge in [0.2, 0.25) is 15.9 Å². The average Bonchev–Trinajstić information content (AvgIpc) is 2.45. The van der Waals surface area contributed by atoms with Gasteiger partial charge in [0.15, 0.2) is 0 Å². The van der Waals surface area contributed by atoms with Gasteiger partial charge in [-0.2, -0.15) is 0 Å². The van der Waals surface area contributed by atoms with Gasteiger partial charge in [-0.15, -0.1) is 0 Å². The van der Waals surface area contributed by atoms with Gasteiger partial charge in [-0.1, -0.05) is 6.92 Å². The molecule has 0 aliphatic carbocycles. The number of nitrogens with zero attached hydrogens (tertiary/aromatic N) is 1. The first-order chi connectivity index (χ1) is 9.85. The highest BCUT2D eigenvalue weighted by Crippen LogP contribution is 2.29. The van der Waals surface area contributed by atoms with Crippen molar-refractivity contribution in [3.8, 4) is 0 Å². The molecule has 1 aliphatic rings. The van der Waals surface area contributed by atoms with Crippen LogP contribution in [0.1, 0.15) is 39.2 Å². The van der Waals surface area contributed by atoms with E-state index in [1.807, 2.05) is 13.8 Å². The van der Waals surface area contributed by atoms with Crippen LogP contribution in [0.15, 0.2) is 23.1 Å². The Morgan fingerprint density at radius 3 is 2.76 bits per heavy atom. The molecule has 1 heterocycles. The van der Waals surface area contributed by atoms with Crippen molar-refractivity contribution in [2.75, 3.05) is 11.4 Å². The Bertz CT molecular complexity index is 640. The number of carbonyl (C=O) groups is 1. The Morgan fingerprint density at radius 2 is 2.14 bits per heavy atom. The first-order valence-corrected chi connectivity index (χ1v) is 8.77. The van der Waals surface area contributed by atoms with E-state index >= 15 is 0 Å². The van der Waals surface area contributed by atoms with Crippen LogP contribution >= 0.6 is 0 Å². The molecule has 1 atom stereocenters. The van der Waals surface area contributed by atoms with Crippen LogP contribution in [0, 0.1) is 0 Å². The normalized spacial score (nSPS) is 16.4. The molecule has 0 bridgehead atoms. The molecule has 5 nitrogen and oxygen atoms in total. The minimum absolute atomic E-state index is 0.00992. The number of benzene rings is 1. The molecule has 2 rings (SSSR count). The molecular formula is C15H22N2O3S. The zero-order valence-electron chi connectivity index (χ0n) is 12.7. The molecule has 1 aliphatic heterocycles. The van der Waals surface area contributed by atoms with Gasteiger partial charge in [-0.25, -0.2) is 13.1 Å². The molecule has 0 saturated heterocycles. The maximum absolute atomic E-state index is 12.3. The Labute approximate surface area is 126 Å². The highest BCUT2D eigenvalue weighted by molar-refractivity contribution is 7.89. The molecule has 0 spiro atoms. The third-order valence-corrected chi connectivity index (χ3v) is 5.42. The number of amides is 1. The summed E-state index contributed by atoms with van der Waals surface area (Å²) in [4.78, 5) is 13.6. The largest absolute Gasteiger partial charge is 0.312 e. The predicted molar refractivity (Wildman–Crippen MR) is 82.9 cm³/mol. The molecule has 0 aromatic heterocycles. The van der Waals surface area contributed by atoms with Crippen molar-refractivity contribution in [1.82, 2.24) is 4.72 Å². The van der Waals surface area contributed by atoms with Crippen molar-refractivity contribution < 1.29 is 13.2 Å². The van der Waals surface area contributed by atoms with Gasteiger partial charge < -0.3 is 4.90 Å². The number of fused-ring (bicyclic) bond motifs is 1. The van der Waals surface area contributed by atoms with Crippen molar-refractivity contribution in [1.29, 1.82) is 0 Å². The molecule has 1 aromatic carbocycles. The number of hydrogen-bond donors (Lipinski definition) is 1. The minimum Gasteiger partial charge on any atom is -0.312 e. The average molecular weight is 310 g/mol. The lowest BCUT2D eigenvalue weighted by Gasteiger charge is -2.29. The molecule has 1 amide bonds. The van der Waals surface area contributed by atoms with E-state index in [2.05, 4.69) is 4.72 Å². The fraction of sp³-hybridized carbons (Fsp3) is 0.533. The highest BCUT2D eigenvalue weighted by atomic mass is 32.2. The van der Waals surface area contributed by atoms with Gasteiger partial charge >= 0.3 is 0 Å². The lowest BCUT2D eigenvalue weighted by atomic mass is 10.0. The highest BCUT2D eigenvalue weighted by Gasteiger charge is 2.23. The summed E-state index contributed by atoms with van der Waals surface area (Å²) in [6.07, 6.45) is 2.39. The standard InChI is InChI=1S/C15H22N2O3S/c1-4-11(2)16-21(19,20)14-7-8-15-13(10-14)6-5-9-17(15)12(3)18/h7-8,10-11,16H,4-6,9H2,1-3H3. The second kappa shape index (κ2) is 6.15. The molecular weight excluding hydrogens is 288 g/mol. The van der Waals surface area contributed by atoms with E-state index in [0.717, 1.165) is 30.5 Å². The quantitative estimate of drug-likeness (QED) is 0.925. The number of carbonyl (C=O) groups excluding carboxylic acids is 1. The topological polar surface area (TPSA) is 66.5 Å². The lowest BCUT2D eigenvalue weighted by molar-refractivity contribution is -0.116. The summed E-state index contributed by atoms with van der Waals surface area (Å²) >= 11 is 0. The van der Waals surface area contributed by atoms with Crippen LogP contribution in [0.4, 0.5) is 5.69 Å². The van der Waals surface area contributed by atoms with Gasteiger partial charge in [0.05, 0.1) is 4.90 Å². The number of rotatable bonds is 4. The summed E-state index contributed by atoms with van der Waals surface area (Å²) in [5, 5.41) is 0. The maximum Gasteiger partial charge on any atom is 0.240 e. The van der Waals surface area contributed by atoms with Crippen molar-refractivity contribution in [2.24, 2.45) is 0 Å². The smallest absolute Gasteiger partial charge is 0.240 e. The summed E-state index contributed by atoms with van der Waals surface area (Å²) in [6.45, 7) is 6.00. The van der Waals surface area contributed by atoms with Crippen LogP contribution in [0.25, 0.3) is 0 Å². The van der Waals surface area contributed by atoms with Crippen LogP contribution in [0.5, 0.6) is 0 Å². The van der Waals surface area contributed by atoms with Crippen molar-refractivity contribution >= 4 is 21.6 Å². The summed E-state index contributed by atoms with van der Waals surface area (Å²) in [5.74, 6) is -0.00992. The third kappa shape index (κ3) is 3.44. The number of anilines is 1. The summed E-state index contributed by atoms with van der Waals surface area (Å²) in [7, 11) is -3.50. The molecule has 1 unspecified atom stereocenters. The van der Waals surface area contributed by atoms with Crippen molar-refractivity contribution in [3.63, 3.8) is 0 Å². The molecule has 0 fully saturated rings. The van der Waals surface area contributed by atoms with Gasteiger partial charge in [-0.05, 0) is 49.9 Å². The molecule has 6 heteroatoms. The number of sulfonamides is 1. The van der Waals surface area contributed by atoms with E-state index in [9.17, 15) is 13.2 Å². The van der Waals surface area contributed by atoms with Crippen molar-refractivity contribution in [2.45, 2.75) is 51.0 Å². The second-order valence-corrected chi connectivity index (χ2v) is 7.21. The molecule has 1 N–H and O–H groups in total. The Kier molecular flexibility index (Phi) is 4.68.